The van der Waals surface area contributed by atoms with Gasteiger partial charge < -0.3 is 0 Å². The smallest absolute Gasteiger partial charge is 0.130 e. The van der Waals surface area contributed by atoms with Crippen molar-refractivity contribution in [2.24, 2.45) is 63.2 Å². The van der Waals surface area contributed by atoms with E-state index in [0.717, 1.165) is 25.7 Å². The Labute approximate surface area is 490 Å². The zero-order chi connectivity index (χ0) is 56.4. The van der Waals surface area contributed by atoms with Gasteiger partial charge in [0.05, 0.1) is 16.8 Å². The van der Waals surface area contributed by atoms with Gasteiger partial charge in [-0.2, -0.15) is 0 Å². The summed E-state index contributed by atoms with van der Waals surface area (Å²) >= 11 is 0. The van der Waals surface area contributed by atoms with E-state index in [4.69, 9.17) is 9.98 Å². The highest BCUT2D eigenvalue weighted by molar-refractivity contribution is 6.46. The molecule has 416 valence electrons. The number of nitrogens with zero attached hydrogens (tertiary/aromatic N) is 2. The molecule has 9 unspecified atom stereocenters. The van der Waals surface area contributed by atoms with Crippen molar-refractivity contribution in [3.8, 4) is 0 Å². The van der Waals surface area contributed by atoms with Crippen LogP contribution in [0.4, 0.5) is 0 Å². The van der Waals surface area contributed by atoms with E-state index in [9.17, 15) is 0 Å². The van der Waals surface area contributed by atoms with Crippen molar-refractivity contribution in [2.45, 2.75) is 157 Å². The zero-order valence-corrected chi connectivity index (χ0v) is 51.2. The van der Waals surface area contributed by atoms with E-state index in [1.807, 2.05) is 0 Å². The van der Waals surface area contributed by atoms with E-state index in [1.165, 1.54) is 92.7 Å². The highest BCUT2D eigenvalue weighted by atomic mass is 15.0. The second-order valence-electron chi connectivity index (χ2n) is 28.8. The Morgan fingerprint density at radius 2 is 1.18 bits per heavy atom. The summed E-state index contributed by atoms with van der Waals surface area (Å²) in [6.45, 7) is 29.2. The predicted molar refractivity (Wildman–Crippen MR) is 344 cm³/mol. The van der Waals surface area contributed by atoms with Crippen LogP contribution in [-0.2, 0) is 17.3 Å². The number of allylic oxidation sites excluding steroid dienone is 6. The Bertz CT molecular complexity index is 3870. The summed E-state index contributed by atoms with van der Waals surface area (Å²) in [6.07, 6.45) is 17.0. The fraction of sp³-hybridized carbons (Fsp3) is 0.425. The second kappa shape index (κ2) is 19.1. The molecule has 6 aromatic carbocycles. The van der Waals surface area contributed by atoms with Crippen LogP contribution >= 0.6 is 0 Å². The van der Waals surface area contributed by atoms with Crippen LogP contribution in [0.25, 0.3) is 17.7 Å². The molecule has 9 atom stereocenters. The first-order chi connectivity index (χ1) is 39.6. The van der Waals surface area contributed by atoms with Crippen LogP contribution in [0.1, 0.15) is 187 Å². The number of rotatable bonds is 10. The highest BCUT2D eigenvalue weighted by Crippen LogP contribution is 2.73. The average molecular weight is 1080 g/mol. The molecule has 8 aliphatic carbocycles. The molecule has 3 fully saturated rings. The van der Waals surface area contributed by atoms with E-state index >= 15 is 0 Å². The van der Waals surface area contributed by atoms with Gasteiger partial charge in [-0.05, 0) is 252 Å². The lowest BCUT2D eigenvalue weighted by Crippen LogP contribution is -2.45. The van der Waals surface area contributed by atoms with E-state index in [0.29, 0.717) is 71.8 Å². The molecule has 0 spiro atoms. The maximum Gasteiger partial charge on any atom is 0.130 e. The summed E-state index contributed by atoms with van der Waals surface area (Å²) in [6, 6.07) is 45.3. The molecule has 6 aromatic rings. The first-order valence-corrected chi connectivity index (χ1v) is 32.1. The molecule has 0 bridgehead atoms. The van der Waals surface area contributed by atoms with Crippen molar-refractivity contribution < 1.29 is 0 Å². The van der Waals surface area contributed by atoms with Gasteiger partial charge in [0.25, 0.3) is 0 Å². The third kappa shape index (κ3) is 7.36. The molecule has 15 rings (SSSR count). The first-order valence-electron chi connectivity index (χ1n) is 32.1. The summed E-state index contributed by atoms with van der Waals surface area (Å²) in [5, 5.41) is 3.15. The molecule has 3 saturated carbocycles. The number of fused-ring (bicyclic) bond motifs is 10. The molecule has 9 aliphatic rings. The number of benzene rings is 6. The van der Waals surface area contributed by atoms with Gasteiger partial charge in [-0.3, -0.25) is 9.98 Å². The van der Waals surface area contributed by atoms with Gasteiger partial charge in [0, 0.05) is 17.3 Å². The Morgan fingerprint density at radius 1 is 0.585 bits per heavy atom. The normalized spacial score (nSPS) is 27.4. The molecule has 1 aliphatic heterocycles. The lowest BCUT2D eigenvalue weighted by atomic mass is 9.60. The summed E-state index contributed by atoms with van der Waals surface area (Å²) in [5.41, 5.74) is 33.3. The molecule has 1 heterocycles. The lowest BCUT2D eigenvalue weighted by molar-refractivity contribution is 0.250. The summed E-state index contributed by atoms with van der Waals surface area (Å²) in [7, 11) is 0. The topological polar surface area (TPSA) is 24.7 Å². The first kappa shape index (κ1) is 52.4. The van der Waals surface area contributed by atoms with E-state index in [2.05, 4.69) is 211 Å². The molecule has 2 heteroatoms. The van der Waals surface area contributed by atoms with E-state index < -0.39 is 5.41 Å². The molecule has 0 radical (unpaired) electrons. The van der Waals surface area contributed by atoms with Crippen LogP contribution in [0, 0.1) is 94.8 Å². The van der Waals surface area contributed by atoms with Crippen LogP contribution in [0.3, 0.4) is 0 Å². The average Bonchev–Trinajstić information content (AvgIpc) is 1.57. The van der Waals surface area contributed by atoms with Gasteiger partial charge >= 0.3 is 0 Å². The van der Waals surface area contributed by atoms with Gasteiger partial charge in [0.2, 0.25) is 0 Å². The van der Waals surface area contributed by atoms with Crippen LogP contribution in [-0.4, -0.2) is 18.1 Å². The molecule has 0 N–H and O–H groups in total. The van der Waals surface area contributed by atoms with Crippen molar-refractivity contribution in [1.82, 2.24) is 0 Å². The highest BCUT2D eigenvalue weighted by Gasteiger charge is 2.65. The van der Waals surface area contributed by atoms with Crippen LogP contribution in [0.15, 0.2) is 148 Å². The van der Waals surface area contributed by atoms with E-state index in [1.54, 1.807) is 71.7 Å². The maximum absolute atomic E-state index is 5.31. The molecular weight excluding hydrogens is 989 g/mol. The third-order valence-electron chi connectivity index (χ3n) is 23.4. The van der Waals surface area contributed by atoms with Gasteiger partial charge in [0.15, 0.2) is 0 Å². The van der Waals surface area contributed by atoms with Crippen LogP contribution < -0.4 is 10.4 Å². The molecule has 0 aromatic heterocycles. The molecular formula is C80H86N2. The minimum atomic E-state index is -0.480. The standard InChI is InChI=1S/C80H86N2/c1-43(2)32-63-49(9)51(11)73(62-15-13-14-61(62)63)55-34-53-36-69-67-40-72-68(41-71(67)79(75(69)65(53)38-55,57-24-16-45(5)17-25-57)58-26-18-46(6)19-27-58)70-37-54-35-56(74-52(12)50(10)64(33-44(3)4)77-78(74)82-42-81-77)39-66(54)76(70)80(72,59-28-20-47(7)21-29-59)60-30-22-48(8)23-31-60/h14-31,35,40-41,43-44,50,52-53,55,64-65,69,74-75H,13,32-34,36-39,42H2,1-12H3. The maximum atomic E-state index is 5.31. The van der Waals surface area contributed by atoms with Crippen molar-refractivity contribution in [2.75, 3.05) is 6.67 Å². The van der Waals surface area contributed by atoms with Crippen LogP contribution in [0.2, 0.25) is 0 Å². The number of aryl methyl sites for hydroxylation is 4. The Morgan fingerprint density at radius 3 is 1.79 bits per heavy atom. The van der Waals surface area contributed by atoms with Crippen molar-refractivity contribution in [3.63, 3.8) is 0 Å². The predicted octanol–water partition coefficient (Wildman–Crippen LogP) is 17.5. The fourth-order valence-corrected chi connectivity index (χ4v) is 19.8. The second-order valence-corrected chi connectivity index (χ2v) is 28.8. The zero-order valence-electron chi connectivity index (χ0n) is 51.2. The SMILES string of the molecule is Cc1ccc(C2(c3ccc(C)cc3)C3=C(CC4=C3CC(C3C5=NCN=C5C(CC(C)C)C(C)C3C)=C4)c3cc4c(cc32)C2CC3CC(c5c(C)c(C)c(CC(C)C)c6c5=CCC=6)CC3C2C4(c2ccc(C)cc2)c2ccc(C)cc2)cc1. The van der Waals surface area contributed by atoms with E-state index in [-0.39, 0.29) is 5.41 Å². The quantitative estimate of drug-likeness (QED) is 0.131. The van der Waals surface area contributed by atoms with Gasteiger partial charge in [-0.25, -0.2) is 0 Å². The van der Waals surface area contributed by atoms with Crippen molar-refractivity contribution in [1.29, 1.82) is 0 Å². The third-order valence-corrected chi connectivity index (χ3v) is 23.4. The van der Waals surface area contributed by atoms with Gasteiger partial charge in [-0.1, -0.05) is 191 Å². The molecule has 0 saturated heterocycles. The summed E-state index contributed by atoms with van der Waals surface area (Å²) in [5.74, 6) is 5.78. The fourth-order valence-electron chi connectivity index (χ4n) is 19.8. The minimum Gasteiger partial charge on any atom is -0.264 e. The molecule has 0 amide bonds. The minimum absolute atomic E-state index is 0.299. The monoisotopic (exact) mass is 1070 g/mol. The number of hydrogen-bond donors (Lipinski definition) is 0. The number of aliphatic imine (C=N–C) groups is 2. The van der Waals surface area contributed by atoms with Gasteiger partial charge in [-0.15, -0.1) is 0 Å². The lowest BCUT2D eigenvalue weighted by Gasteiger charge is -2.42. The van der Waals surface area contributed by atoms with Gasteiger partial charge in [0.1, 0.15) is 6.67 Å². The Kier molecular flexibility index (Phi) is 12.2. The summed E-state index contributed by atoms with van der Waals surface area (Å²) in [4.78, 5) is 10.5. The molecule has 82 heavy (non-hydrogen) atoms. The Hall–Kier alpha value is -6.38. The van der Waals surface area contributed by atoms with Crippen molar-refractivity contribution >= 4 is 29.1 Å². The van der Waals surface area contributed by atoms with Crippen molar-refractivity contribution in [3.05, 3.63) is 237 Å². The Balaban J connectivity index is 0.930. The largest absolute Gasteiger partial charge is 0.264 e. The van der Waals surface area contributed by atoms with Crippen LogP contribution in [0.5, 0.6) is 0 Å². The molecule has 2 nitrogen and oxygen atoms in total. The number of hydrogen-bond acceptors (Lipinski definition) is 2. The summed E-state index contributed by atoms with van der Waals surface area (Å²) < 4.78 is 0.